The number of nitrogens with two attached hydrogens (primary N) is 1. The van der Waals surface area contributed by atoms with Gasteiger partial charge in [0, 0.05) is 6.42 Å². The highest BCUT2D eigenvalue weighted by Gasteiger charge is 2.25. The van der Waals surface area contributed by atoms with Crippen LogP contribution in [0, 0.1) is 0 Å². The lowest BCUT2D eigenvalue weighted by atomic mass is 10.2. The Kier molecular flexibility index (Phi) is 3.65. The van der Waals surface area contributed by atoms with Crippen molar-refractivity contribution in [2.24, 2.45) is 5.73 Å². The van der Waals surface area contributed by atoms with Crippen LogP contribution in [0.4, 0.5) is 8.78 Å². The lowest BCUT2D eigenvalue weighted by Crippen LogP contribution is -2.32. The lowest BCUT2D eigenvalue weighted by Gasteiger charge is -2.13. The molecule has 3 N–H and O–H groups in total. The van der Waals surface area contributed by atoms with Gasteiger partial charge < -0.3 is 11.1 Å². The molecule has 56 valence electrons. The fourth-order valence-corrected chi connectivity index (χ4v) is 0.558. The zero-order chi connectivity index (χ0) is 7.33. The van der Waals surface area contributed by atoms with E-state index in [0.717, 1.165) is 0 Å². The van der Waals surface area contributed by atoms with E-state index in [2.05, 4.69) is 5.32 Å². The van der Waals surface area contributed by atoms with Gasteiger partial charge in [0.2, 0.25) is 0 Å². The Bertz CT molecular complexity index is 67.4. The minimum Gasteiger partial charge on any atom is -0.330 e. The summed E-state index contributed by atoms with van der Waals surface area (Å²) >= 11 is 0. The van der Waals surface area contributed by atoms with Crippen molar-refractivity contribution in [3.63, 3.8) is 0 Å². The van der Waals surface area contributed by atoms with Crippen LogP contribution in [-0.2, 0) is 0 Å². The maximum absolute atomic E-state index is 12.3. The van der Waals surface area contributed by atoms with E-state index in [1.807, 2.05) is 0 Å². The number of nitrogens with one attached hydrogen (secondary N) is 1. The van der Waals surface area contributed by atoms with Gasteiger partial charge >= 0.3 is 0 Å². The Labute approximate surface area is 53.4 Å². The van der Waals surface area contributed by atoms with Crippen molar-refractivity contribution in [2.45, 2.75) is 12.3 Å². The summed E-state index contributed by atoms with van der Waals surface area (Å²) in [5.74, 6) is -2.64. The Balaban J connectivity index is 3.43. The molecule has 0 atom stereocenters. The van der Waals surface area contributed by atoms with Gasteiger partial charge in [-0.2, -0.15) is 0 Å². The average molecular weight is 138 g/mol. The third kappa shape index (κ3) is 4.29. The highest BCUT2D eigenvalue weighted by atomic mass is 19.3. The maximum Gasteiger partial charge on any atom is 0.261 e. The first-order valence-electron chi connectivity index (χ1n) is 2.85. The lowest BCUT2D eigenvalue weighted by molar-refractivity contribution is -0.00207. The van der Waals surface area contributed by atoms with Crippen LogP contribution in [0.1, 0.15) is 6.42 Å². The topological polar surface area (TPSA) is 38.0 Å². The van der Waals surface area contributed by atoms with Crippen molar-refractivity contribution < 1.29 is 8.78 Å². The summed E-state index contributed by atoms with van der Waals surface area (Å²) in [6, 6.07) is 0. The third-order valence-electron chi connectivity index (χ3n) is 0.946. The van der Waals surface area contributed by atoms with E-state index in [-0.39, 0.29) is 19.5 Å². The zero-order valence-electron chi connectivity index (χ0n) is 5.45. The van der Waals surface area contributed by atoms with Crippen LogP contribution >= 0.6 is 0 Å². The number of alkyl halides is 2. The first kappa shape index (κ1) is 8.78. The van der Waals surface area contributed by atoms with Crippen molar-refractivity contribution >= 4 is 0 Å². The van der Waals surface area contributed by atoms with Gasteiger partial charge in [-0.1, -0.05) is 0 Å². The molecule has 0 bridgehead atoms. The van der Waals surface area contributed by atoms with E-state index in [9.17, 15) is 8.78 Å². The molecule has 0 aliphatic rings. The highest BCUT2D eigenvalue weighted by Crippen LogP contribution is 2.14. The maximum atomic E-state index is 12.3. The quantitative estimate of drug-likeness (QED) is 0.582. The second-order valence-corrected chi connectivity index (χ2v) is 1.92. The summed E-state index contributed by atoms with van der Waals surface area (Å²) < 4.78 is 24.6. The summed E-state index contributed by atoms with van der Waals surface area (Å²) in [6.45, 7) is -0.251. The van der Waals surface area contributed by atoms with Crippen LogP contribution in [0.25, 0.3) is 0 Å². The van der Waals surface area contributed by atoms with Crippen LogP contribution in [0.5, 0.6) is 0 Å². The molecule has 0 heterocycles. The van der Waals surface area contributed by atoms with Crippen LogP contribution in [-0.4, -0.2) is 26.1 Å². The average Bonchev–Trinajstić information content (AvgIpc) is 1.64. The van der Waals surface area contributed by atoms with Gasteiger partial charge in [-0.15, -0.1) is 0 Å². The summed E-state index contributed by atoms with van der Waals surface area (Å²) in [6.07, 6.45) is -0.242. The predicted octanol–water partition coefficient (Wildman–Crippen LogP) is 0.190. The van der Waals surface area contributed by atoms with E-state index < -0.39 is 5.92 Å². The molecule has 0 aromatic heterocycles. The molecule has 2 nitrogen and oxygen atoms in total. The number of hydrogen-bond acceptors (Lipinski definition) is 2. The molecule has 0 spiro atoms. The fraction of sp³-hybridized carbons (Fsp3) is 1.00. The molecule has 0 unspecified atom stereocenters. The van der Waals surface area contributed by atoms with Crippen molar-refractivity contribution in [3.8, 4) is 0 Å². The molecular formula is C5H12F2N2. The SMILES string of the molecule is CNCC(F)(F)CCN. The molecule has 0 rings (SSSR count). The van der Waals surface area contributed by atoms with Gasteiger partial charge in [-0.3, -0.25) is 0 Å². The second-order valence-electron chi connectivity index (χ2n) is 1.92. The first-order chi connectivity index (χ1) is 4.12. The molecule has 0 saturated carbocycles. The third-order valence-corrected chi connectivity index (χ3v) is 0.946. The van der Waals surface area contributed by atoms with Crippen molar-refractivity contribution in [3.05, 3.63) is 0 Å². The standard InChI is InChI=1S/C5H12F2N2/c1-9-4-5(6,7)2-3-8/h9H,2-4,8H2,1H3. The van der Waals surface area contributed by atoms with Crippen LogP contribution in [0.2, 0.25) is 0 Å². The van der Waals surface area contributed by atoms with Crippen molar-refractivity contribution in [1.82, 2.24) is 5.32 Å². The molecular weight excluding hydrogens is 126 g/mol. The molecule has 0 amide bonds. The van der Waals surface area contributed by atoms with Gasteiger partial charge in [-0.05, 0) is 13.6 Å². The summed E-state index contributed by atoms with van der Waals surface area (Å²) in [7, 11) is 1.49. The largest absolute Gasteiger partial charge is 0.330 e. The van der Waals surface area contributed by atoms with E-state index >= 15 is 0 Å². The first-order valence-corrected chi connectivity index (χ1v) is 2.85. The van der Waals surface area contributed by atoms with E-state index in [1.165, 1.54) is 7.05 Å². The smallest absolute Gasteiger partial charge is 0.261 e. The van der Waals surface area contributed by atoms with Crippen LogP contribution < -0.4 is 11.1 Å². The van der Waals surface area contributed by atoms with Gasteiger partial charge in [0.25, 0.3) is 5.92 Å². The normalized spacial score (nSPS) is 12.0. The Morgan fingerprint density at radius 1 is 1.56 bits per heavy atom. The predicted molar refractivity (Wildman–Crippen MR) is 32.5 cm³/mol. The molecule has 0 fully saturated rings. The highest BCUT2D eigenvalue weighted by molar-refractivity contribution is 4.67. The van der Waals surface area contributed by atoms with Crippen LogP contribution in [0.3, 0.4) is 0 Å². The second kappa shape index (κ2) is 3.74. The molecule has 0 aromatic rings. The molecule has 0 aromatic carbocycles. The number of hydrogen-bond donors (Lipinski definition) is 2. The minimum absolute atomic E-state index is 0.0364. The number of rotatable bonds is 4. The van der Waals surface area contributed by atoms with Gasteiger partial charge in [0.05, 0.1) is 6.54 Å². The van der Waals surface area contributed by atoms with E-state index in [4.69, 9.17) is 5.73 Å². The number of halogens is 2. The van der Waals surface area contributed by atoms with Gasteiger partial charge in [-0.25, -0.2) is 8.78 Å². The molecule has 0 radical (unpaired) electrons. The summed E-state index contributed by atoms with van der Waals surface area (Å²) in [5, 5.41) is 2.39. The molecule has 9 heavy (non-hydrogen) atoms. The molecule has 0 aliphatic heterocycles. The van der Waals surface area contributed by atoms with Gasteiger partial charge in [0.15, 0.2) is 0 Å². The Morgan fingerprint density at radius 2 is 2.11 bits per heavy atom. The van der Waals surface area contributed by atoms with E-state index in [1.54, 1.807) is 0 Å². The van der Waals surface area contributed by atoms with Crippen molar-refractivity contribution in [2.75, 3.05) is 20.1 Å². The molecule has 0 aliphatic carbocycles. The molecule has 4 heteroatoms. The Morgan fingerprint density at radius 3 is 2.44 bits per heavy atom. The van der Waals surface area contributed by atoms with Crippen LogP contribution in [0.15, 0.2) is 0 Å². The van der Waals surface area contributed by atoms with Crippen molar-refractivity contribution in [1.29, 1.82) is 0 Å². The van der Waals surface area contributed by atoms with Gasteiger partial charge in [0.1, 0.15) is 0 Å². The monoisotopic (exact) mass is 138 g/mol. The minimum atomic E-state index is -2.64. The zero-order valence-corrected chi connectivity index (χ0v) is 5.45. The summed E-state index contributed by atoms with van der Waals surface area (Å²) in [4.78, 5) is 0. The summed E-state index contributed by atoms with van der Waals surface area (Å²) in [5.41, 5.74) is 4.94. The molecule has 0 saturated heterocycles. The van der Waals surface area contributed by atoms with E-state index in [0.29, 0.717) is 0 Å². The fourth-order valence-electron chi connectivity index (χ4n) is 0.558. The Hall–Kier alpha value is -0.220.